The van der Waals surface area contributed by atoms with Crippen molar-refractivity contribution in [2.75, 3.05) is 13.1 Å². The number of nitrogens with one attached hydrogen (secondary N) is 1. The van der Waals surface area contributed by atoms with E-state index >= 15 is 0 Å². The van der Waals surface area contributed by atoms with Crippen LogP contribution in [0.5, 0.6) is 0 Å². The van der Waals surface area contributed by atoms with Crippen LogP contribution >= 0.6 is 0 Å². The van der Waals surface area contributed by atoms with Crippen molar-refractivity contribution in [1.29, 1.82) is 0 Å². The lowest BCUT2D eigenvalue weighted by Crippen LogP contribution is -2.44. The first-order valence-corrected chi connectivity index (χ1v) is 7.87. The number of rotatable bonds is 1. The first-order chi connectivity index (χ1) is 8.16. The Labute approximate surface area is 108 Å². The molecule has 0 aromatic carbocycles. The first-order valence-electron chi connectivity index (χ1n) is 7.87. The fourth-order valence-electron chi connectivity index (χ4n) is 4.02. The molecule has 100 valence electrons. The second-order valence-electron chi connectivity index (χ2n) is 7.02. The Morgan fingerprint density at radius 1 is 0.647 bits per heavy atom. The second kappa shape index (κ2) is 5.73. The van der Waals surface area contributed by atoms with Gasteiger partial charge in [-0.2, -0.15) is 0 Å². The summed E-state index contributed by atoms with van der Waals surface area (Å²) in [6, 6.07) is 0. The molecule has 1 saturated heterocycles. The van der Waals surface area contributed by atoms with Gasteiger partial charge in [0, 0.05) is 6.54 Å². The zero-order chi connectivity index (χ0) is 12.2. The summed E-state index contributed by atoms with van der Waals surface area (Å²) in [6.45, 7) is 7.65. The number of hydrogen-bond donors (Lipinski definition) is 1. The van der Waals surface area contributed by atoms with Crippen LogP contribution in [0.2, 0.25) is 0 Å². The lowest BCUT2D eigenvalue weighted by molar-refractivity contribution is 0.0345. The highest BCUT2D eigenvalue weighted by molar-refractivity contribution is 4.95. The van der Waals surface area contributed by atoms with Gasteiger partial charge in [-0.1, -0.05) is 52.4 Å². The van der Waals surface area contributed by atoms with E-state index in [0.717, 1.165) is 0 Å². The van der Waals surface area contributed by atoms with Crippen molar-refractivity contribution in [2.24, 2.45) is 10.8 Å². The third kappa shape index (κ3) is 3.05. The van der Waals surface area contributed by atoms with Crippen molar-refractivity contribution >= 4 is 0 Å². The third-order valence-electron chi connectivity index (χ3n) is 5.76. The fourth-order valence-corrected chi connectivity index (χ4v) is 4.02. The van der Waals surface area contributed by atoms with Gasteiger partial charge in [0.2, 0.25) is 0 Å². The smallest absolute Gasteiger partial charge is 0.00104 e. The van der Waals surface area contributed by atoms with Crippen LogP contribution in [0.15, 0.2) is 0 Å². The number of hydrogen-bond acceptors (Lipinski definition) is 1. The highest BCUT2D eigenvalue weighted by atomic mass is 14.9. The summed E-state index contributed by atoms with van der Waals surface area (Å²) < 4.78 is 0. The lowest BCUT2D eigenvalue weighted by Gasteiger charge is -2.48. The Morgan fingerprint density at radius 3 is 1.88 bits per heavy atom. The van der Waals surface area contributed by atoms with Crippen LogP contribution in [0.4, 0.5) is 0 Å². The van der Waals surface area contributed by atoms with E-state index in [-0.39, 0.29) is 0 Å². The fraction of sp³-hybridized carbons (Fsp3) is 1.00. The van der Waals surface area contributed by atoms with Crippen molar-refractivity contribution < 1.29 is 0 Å². The van der Waals surface area contributed by atoms with Gasteiger partial charge in [0.05, 0.1) is 0 Å². The van der Waals surface area contributed by atoms with Crippen LogP contribution < -0.4 is 5.32 Å². The molecule has 0 spiro atoms. The average Bonchev–Trinajstić information content (AvgIpc) is 2.50. The Hall–Kier alpha value is -0.0400. The topological polar surface area (TPSA) is 12.0 Å². The quantitative estimate of drug-likeness (QED) is 0.707. The molecule has 2 fully saturated rings. The highest BCUT2D eigenvalue weighted by Gasteiger charge is 2.43. The molecule has 0 amide bonds. The van der Waals surface area contributed by atoms with Gasteiger partial charge >= 0.3 is 0 Å². The minimum atomic E-state index is 0.542. The highest BCUT2D eigenvalue weighted by Crippen LogP contribution is 2.51. The molecule has 1 unspecified atom stereocenters. The first kappa shape index (κ1) is 13.4. The van der Waals surface area contributed by atoms with Crippen LogP contribution in [0.1, 0.15) is 78.1 Å². The molecule has 0 radical (unpaired) electrons. The van der Waals surface area contributed by atoms with Crippen LogP contribution in [-0.4, -0.2) is 13.1 Å². The van der Waals surface area contributed by atoms with Crippen LogP contribution in [0, 0.1) is 10.8 Å². The van der Waals surface area contributed by atoms with Gasteiger partial charge in [-0.3, -0.25) is 0 Å². The van der Waals surface area contributed by atoms with Crippen molar-refractivity contribution in [3.8, 4) is 0 Å². The van der Waals surface area contributed by atoms with E-state index in [1.54, 1.807) is 0 Å². The molecular formula is C16H31N. The Kier molecular flexibility index (Phi) is 4.52. The van der Waals surface area contributed by atoms with E-state index in [0.29, 0.717) is 10.8 Å². The largest absolute Gasteiger partial charge is 0.316 e. The summed E-state index contributed by atoms with van der Waals surface area (Å²) in [4.78, 5) is 0. The molecule has 0 aromatic rings. The van der Waals surface area contributed by atoms with E-state index in [9.17, 15) is 0 Å². The third-order valence-corrected chi connectivity index (χ3v) is 5.76. The van der Waals surface area contributed by atoms with E-state index in [1.165, 1.54) is 77.3 Å². The monoisotopic (exact) mass is 237 g/mol. The molecule has 1 saturated carbocycles. The molecule has 1 heteroatoms. The molecule has 1 aliphatic carbocycles. The molecule has 1 N–H and O–H groups in total. The standard InChI is InChI=1S/C16H31N/c1-15(10-6-4-3-5-7-11-15)16(2)12-8-9-13-17-14-16/h17H,3-14H2,1-2H3. The normalized spacial score (nSPS) is 35.6. The predicted octanol–water partition coefficient (Wildman–Crippen LogP) is 4.52. The summed E-state index contributed by atoms with van der Waals surface area (Å²) in [6.07, 6.45) is 14.5. The van der Waals surface area contributed by atoms with Gasteiger partial charge in [0.15, 0.2) is 0 Å². The van der Waals surface area contributed by atoms with Gasteiger partial charge in [-0.15, -0.1) is 0 Å². The van der Waals surface area contributed by atoms with Crippen molar-refractivity contribution in [3.63, 3.8) is 0 Å². The van der Waals surface area contributed by atoms with E-state index in [2.05, 4.69) is 19.2 Å². The molecule has 2 rings (SSSR count). The van der Waals surface area contributed by atoms with Crippen molar-refractivity contribution in [2.45, 2.75) is 78.1 Å². The van der Waals surface area contributed by atoms with Crippen molar-refractivity contribution in [1.82, 2.24) is 5.32 Å². The maximum atomic E-state index is 3.70. The SMILES string of the molecule is CC1(C2(C)CCCCNC2)CCCCCCC1. The van der Waals surface area contributed by atoms with Gasteiger partial charge in [0.1, 0.15) is 0 Å². The van der Waals surface area contributed by atoms with Gasteiger partial charge < -0.3 is 5.32 Å². The van der Waals surface area contributed by atoms with E-state index in [4.69, 9.17) is 0 Å². The molecule has 1 aliphatic heterocycles. The second-order valence-corrected chi connectivity index (χ2v) is 7.02. The molecule has 17 heavy (non-hydrogen) atoms. The summed E-state index contributed by atoms with van der Waals surface area (Å²) in [7, 11) is 0. The van der Waals surface area contributed by atoms with E-state index in [1.807, 2.05) is 0 Å². The summed E-state index contributed by atoms with van der Waals surface area (Å²) in [5.41, 5.74) is 1.13. The molecule has 1 heterocycles. The Morgan fingerprint density at radius 2 is 1.18 bits per heavy atom. The maximum absolute atomic E-state index is 3.70. The average molecular weight is 237 g/mol. The van der Waals surface area contributed by atoms with Crippen LogP contribution in [0.25, 0.3) is 0 Å². The predicted molar refractivity (Wildman–Crippen MR) is 75.3 cm³/mol. The lowest BCUT2D eigenvalue weighted by atomic mass is 9.58. The minimum absolute atomic E-state index is 0.542. The van der Waals surface area contributed by atoms with Gasteiger partial charge in [0.25, 0.3) is 0 Å². The molecular weight excluding hydrogens is 206 g/mol. The zero-order valence-electron chi connectivity index (χ0n) is 12.0. The maximum Gasteiger partial charge on any atom is 0.00104 e. The van der Waals surface area contributed by atoms with Crippen molar-refractivity contribution in [3.05, 3.63) is 0 Å². The Balaban J connectivity index is 2.08. The molecule has 0 aromatic heterocycles. The zero-order valence-corrected chi connectivity index (χ0v) is 12.0. The van der Waals surface area contributed by atoms with Crippen LogP contribution in [-0.2, 0) is 0 Å². The van der Waals surface area contributed by atoms with E-state index < -0.39 is 0 Å². The Bertz CT molecular complexity index is 218. The minimum Gasteiger partial charge on any atom is -0.316 e. The van der Waals surface area contributed by atoms with Gasteiger partial charge in [-0.05, 0) is 43.1 Å². The summed E-state index contributed by atoms with van der Waals surface area (Å²) in [5.74, 6) is 0. The molecule has 0 bridgehead atoms. The van der Waals surface area contributed by atoms with Gasteiger partial charge in [-0.25, -0.2) is 0 Å². The molecule has 1 atom stereocenters. The summed E-state index contributed by atoms with van der Waals surface area (Å²) in [5, 5.41) is 3.70. The molecule has 1 nitrogen and oxygen atoms in total. The molecule has 2 aliphatic rings. The summed E-state index contributed by atoms with van der Waals surface area (Å²) >= 11 is 0. The van der Waals surface area contributed by atoms with Crippen LogP contribution in [0.3, 0.4) is 0 Å².